The lowest BCUT2D eigenvalue weighted by Crippen LogP contribution is -2.45. The number of anilines is 2. The molecule has 3 heterocycles. The van der Waals surface area contributed by atoms with Gasteiger partial charge in [-0.2, -0.15) is 0 Å². The molecule has 27 heavy (non-hydrogen) atoms. The Morgan fingerprint density at radius 2 is 1.78 bits per heavy atom. The van der Waals surface area contributed by atoms with Gasteiger partial charge in [0.05, 0.1) is 25.1 Å². The monoisotopic (exact) mass is 374 g/mol. The molecule has 2 saturated heterocycles. The third kappa shape index (κ3) is 4.97. The van der Waals surface area contributed by atoms with Crippen molar-refractivity contribution in [2.75, 3.05) is 49.6 Å². The van der Waals surface area contributed by atoms with Gasteiger partial charge in [0, 0.05) is 37.5 Å². The molecular formula is C20H30N4O3. The second kappa shape index (κ2) is 8.25. The highest BCUT2D eigenvalue weighted by Crippen LogP contribution is 2.24. The largest absolute Gasteiger partial charge is 0.378 e. The van der Waals surface area contributed by atoms with Crippen LogP contribution in [0.3, 0.4) is 0 Å². The highest BCUT2D eigenvalue weighted by molar-refractivity contribution is 5.92. The maximum atomic E-state index is 12.5. The van der Waals surface area contributed by atoms with Gasteiger partial charge in [-0.15, -0.1) is 0 Å². The molecule has 0 unspecified atom stereocenters. The first-order chi connectivity index (χ1) is 12.8. The van der Waals surface area contributed by atoms with E-state index in [-0.39, 0.29) is 23.1 Å². The van der Waals surface area contributed by atoms with Crippen molar-refractivity contribution in [3.05, 3.63) is 18.3 Å². The van der Waals surface area contributed by atoms with E-state index in [2.05, 4.69) is 15.2 Å². The third-order valence-electron chi connectivity index (χ3n) is 5.17. The Kier molecular flexibility index (Phi) is 5.99. The van der Waals surface area contributed by atoms with Crippen LogP contribution >= 0.6 is 0 Å². The molecule has 0 radical (unpaired) electrons. The van der Waals surface area contributed by atoms with Gasteiger partial charge in [-0.1, -0.05) is 20.8 Å². The molecule has 7 nitrogen and oxygen atoms in total. The van der Waals surface area contributed by atoms with Crippen LogP contribution in [0.4, 0.5) is 11.5 Å². The first-order valence-corrected chi connectivity index (χ1v) is 9.73. The Bertz CT molecular complexity index is 655. The molecule has 1 aromatic heterocycles. The maximum Gasteiger partial charge on any atom is 0.228 e. The van der Waals surface area contributed by atoms with E-state index < -0.39 is 0 Å². The lowest BCUT2D eigenvalue weighted by Gasteiger charge is -2.35. The summed E-state index contributed by atoms with van der Waals surface area (Å²) in [6.45, 7) is 10.2. The average molecular weight is 374 g/mol. The van der Waals surface area contributed by atoms with Crippen LogP contribution in [0, 0.1) is 11.3 Å². The van der Waals surface area contributed by atoms with Gasteiger partial charge >= 0.3 is 0 Å². The SMILES string of the molecule is CC(C)(C)C(=O)N1CCC(C(=O)Nc2ccc(N3CCOCC3)cn2)CC1. The van der Waals surface area contributed by atoms with E-state index >= 15 is 0 Å². The second-order valence-electron chi connectivity index (χ2n) is 8.31. The van der Waals surface area contributed by atoms with E-state index in [0.29, 0.717) is 31.7 Å². The molecule has 2 aliphatic rings. The van der Waals surface area contributed by atoms with E-state index in [1.807, 2.05) is 37.8 Å². The van der Waals surface area contributed by atoms with Gasteiger partial charge in [-0.25, -0.2) is 4.98 Å². The summed E-state index contributed by atoms with van der Waals surface area (Å²) in [7, 11) is 0. The lowest BCUT2D eigenvalue weighted by molar-refractivity contribution is -0.142. The van der Waals surface area contributed by atoms with Crippen molar-refractivity contribution in [1.82, 2.24) is 9.88 Å². The Hall–Kier alpha value is -2.15. The number of hydrogen-bond acceptors (Lipinski definition) is 5. The highest BCUT2D eigenvalue weighted by atomic mass is 16.5. The lowest BCUT2D eigenvalue weighted by atomic mass is 9.90. The Morgan fingerprint density at radius 1 is 1.11 bits per heavy atom. The number of piperidine rings is 1. The number of pyridine rings is 1. The number of likely N-dealkylation sites (tertiary alicyclic amines) is 1. The molecule has 0 atom stereocenters. The van der Waals surface area contributed by atoms with Crippen LogP contribution in [0.2, 0.25) is 0 Å². The summed E-state index contributed by atoms with van der Waals surface area (Å²) in [5.41, 5.74) is 0.673. The maximum absolute atomic E-state index is 12.5. The second-order valence-corrected chi connectivity index (χ2v) is 8.31. The van der Waals surface area contributed by atoms with Gasteiger partial charge in [0.25, 0.3) is 0 Å². The number of morpholine rings is 1. The molecule has 3 rings (SSSR count). The van der Waals surface area contributed by atoms with Crippen molar-refractivity contribution in [3.8, 4) is 0 Å². The third-order valence-corrected chi connectivity index (χ3v) is 5.17. The van der Waals surface area contributed by atoms with Crippen LogP contribution < -0.4 is 10.2 Å². The number of amides is 2. The molecule has 0 bridgehead atoms. The number of aromatic nitrogens is 1. The van der Waals surface area contributed by atoms with Crippen molar-refractivity contribution < 1.29 is 14.3 Å². The van der Waals surface area contributed by atoms with Crippen LogP contribution in [-0.2, 0) is 14.3 Å². The summed E-state index contributed by atoms with van der Waals surface area (Å²) in [5.74, 6) is 0.645. The van der Waals surface area contributed by atoms with Crippen molar-refractivity contribution in [3.63, 3.8) is 0 Å². The number of ether oxygens (including phenoxy) is 1. The molecule has 0 spiro atoms. The molecule has 2 aliphatic heterocycles. The van der Waals surface area contributed by atoms with E-state index in [9.17, 15) is 9.59 Å². The molecule has 0 aromatic carbocycles. The van der Waals surface area contributed by atoms with Crippen molar-refractivity contribution in [2.45, 2.75) is 33.6 Å². The van der Waals surface area contributed by atoms with E-state index in [1.165, 1.54) is 0 Å². The smallest absolute Gasteiger partial charge is 0.228 e. The number of rotatable bonds is 3. The summed E-state index contributed by atoms with van der Waals surface area (Å²) in [6, 6.07) is 3.83. The Labute approximate surface area is 161 Å². The van der Waals surface area contributed by atoms with Crippen molar-refractivity contribution >= 4 is 23.3 Å². The fourth-order valence-corrected chi connectivity index (χ4v) is 3.52. The summed E-state index contributed by atoms with van der Waals surface area (Å²) >= 11 is 0. The predicted molar refractivity (Wildman–Crippen MR) is 105 cm³/mol. The quantitative estimate of drug-likeness (QED) is 0.877. The fourth-order valence-electron chi connectivity index (χ4n) is 3.52. The van der Waals surface area contributed by atoms with Gasteiger partial charge < -0.3 is 19.9 Å². The van der Waals surface area contributed by atoms with Crippen LogP contribution in [0.25, 0.3) is 0 Å². The van der Waals surface area contributed by atoms with E-state index in [0.717, 1.165) is 32.0 Å². The van der Waals surface area contributed by atoms with Crippen LogP contribution in [0.1, 0.15) is 33.6 Å². The number of carbonyl (C=O) groups excluding carboxylic acids is 2. The standard InChI is InChI=1S/C20H30N4O3/c1-20(2,3)19(26)24-8-6-15(7-9-24)18(25)22-17-5-4-16(14-21-17)23-10-12-27-13-11-23/h4-5,14-15H,6-13H2,1-3H3,(H,21,22,25). The predicted octanol–water partition coefficient (Wildman–Crippen LogP) is 2.14. The van der Waals surface area contributed by atoms with Gasteiger partial charge in [0.1, 0.15) is 5.82 Å². The first-order valence-electron chi connectivity index (χ1n) is 9.73. The Morgan fingerprint density at radius 3 is 2.33 bits per heavy atom. The minimum Gasteiger partial charge on any atom is -0.378 e. The first kappa shape index (κ1) is 19.6. The fraction of sp³-hybridized carbons (Fsp3) is 0.650. The topological polar surface area (TPSA) is 74.8 Å². The summed E-state index contributed by atoms with van der Waals surface area (Å²) < 4.78 is 5.36. The summed E-state index contributed by atoms with van der Waals surface area (Å²) in [4.78, 5) is 33.4. The van der Waals surface area contributed by atoms with Crippen LogP contribution in [-0.4, -0.2) is 61.1 Å². The minimum absolute atomic E-state index is 0.00974. The molecule has 148 valence electrons. The molecule has 2 fully saturated rings. The molecule has 2 amide bonds. The van der Waals surface area contributed by atoms with Gasteiger partial charge in [0.15, 0.2) is 0 Å². The van der Waals surface area contributed by atoms with Gasteiger partial charge in [0.2, 0.25) is 11.8 Å². The number of hydrogen-bond donors (Lipinski definition) is 1. The van der Waals surface area contributed by atoms with Gasteiger partial charge in [-0.3, -0.25) is 9.59 Å². The molecule has 1 aromatic rings. The van der Waals surface area contributed by atoms with Crippen molar-refractivity contribution in [1.29, 1.82) is 0 Å². The minimum atomic E-state index is -0.374. The molecule has 1 N–H and O–H groups in total. The van der Waals surface area contributed by atoms with Crippen molar-refractivity contribution in [2.24, 2.45) is 11.3 Å². The van der Waals surface area contributed by atoms with E-state index in [4.69, 9.17) is 4.74 Å². The number of nitrogens with zero attached hydrogens (tertiary/aromatic N) is 3. The zero-order valence-corrected chi connectivity index (χ0v) is 16.5. The Balaban J connectivity index is 1.50. The van der Waals surface area contributed by atoms with Crippen LogP contribution in [0.5, 0.6) is 0 Å². The van der Waals surface area contributed by atoms with E-state index in [1.54, 1.807) is 6.20 Å². The molecule has 0 aliphatic carbocycles. The zero-order chi connectivity index (χ0) is 19.4. The number of nitrogens with one attached hydrogen (secondary N) is 1. The number of carbonyl (C=O) groups is 2. The molecule has 0 saturated carbocycles. The average Bonchev–Trinajstić information content (AvgIpc) is 2.68. The highest BCUT2D eigenvalue weighted by Gasteiger charge is 2.32. The summed E-state index contributed by atoms with van der Waals surface area (Å²) in [6.07, 6.45) is 3.19. The summed E-state index contributed by atoms with van der Waals surface area (Å²) in [5, 5.41) is 2.92. The zero-order valence-electron chi connectivity index (χ0n) is 16.5. The molecular weight excluding hydrogens is 344 g/mol. The van der Waals surface area contributed by atoms with Gasteiger partial charge in [-0.05, 0) is 25.0 Å². The molecule has 7 heteroatoms. The van der Waals surface area contributed by atoms with Crippen LogP contribution in [0.15, 0.2) is 18.3 Å². The normalized spacial score (nSPS) is 19.1.